The highest BCUT2D eigenvalue weighted by Gasteiger charge is 2.05. The van der Waals surface area contributed by atoms with Crippen molar-refractivity contribution >= 4 is 23.4 Å². The Labute approximate surface area is 114 Å². The van der Waals surface area contributed by atoms with Gasteiger partial charge < -0.3 is 5.32 Å². The topological polar surface area (TPSA) is 12.0 Å². The Morgan fingerprint density at radius 3 is 2.53 bits per heavy atom. The molecule has 1 nitrogen and oxygen atoms in total. The van der Waals surface area contributed by atoms with E-state index in [9.17, 15) is 0 Å². The van der Waals surface area contributed by atoms with Crippen molar-refractivity contribution in [2.75, 3.05) is 13.1 Å². The second-order valence-electron chi connectivity index (χ2n) is 4.77. The average molecular weight is 272 g/mol. The summed E-state index contributed by atoms with van der Waals surface area (Å²) in [6.07, 6.45) is 0. The van der Waals surface area contributed by atoms with Crippen molar-refractivity contribution in [3.05, 3.63) is 34.9 Å². The molecule has 0 heterocycles. The van der Waals surface area contributed by atoms with Crippen LogP contribution in [0.3, 0.4) is 0 Å². The van der Waals surface area contributed by atoms with Crippen LogP contribution in [-0.2, 0) is 5.75 Å². The molecule has 1 rings (SSSR count). The van der Waals surface area contributed by atoms with E-state index in [-0.39, 0.29) is 0 Å². The van der Waals surface area contributed by atoms with Crippen LogP contribution < -0.4 is 5.32 Å². The van der Waals surface area contributed by atoms with E-state index in [0.29, 0.717) is 5.25 Å². The molecule has 1 N–H and O–H groups in total. The van der Waals surface area contributed by atoms with Gasteiger partial charge in [0.15, 0.2) is 0 Å². The first-order chi connectivity index (χ1) is 8.09. The molecule has 0 aliphatic heterocycles. The third-order valence-electron chi connectivity index (χ3n) is 2.47. The number of halogens is 1. The summed E-state index contributed by atoms with van der Waals surface area (Å²) in [5, 5.41) is 4.97. The molecule has 0 bridgehead atoms. The molecule has 96 valence electrons. The van der Waals surface area contributed by atoms with Crippen LogP contribution in [0.25, 0.3) is 0 Å². The first-order valence-electron chi connectivity index (χ1n) is 6.15. The molecule has 0 fully saturated rings. The van der Waals surface area contributed by atoms with Gasteiger partial charge in [0.1, 0.15) is 0 Å². The smallest absolute Gasteiger partial charge is 0.0446 e. The highest BCUT2D eigenvalue weighted by atomic mass is 35.5. The SMILES string of the molecule is CC(C)CNCC(C)SCc1ccccc1Cl. The van der Waals surface area contributed by atoms with Crippen LogP contribution in [0.2, 0.25) is 5.02 Å². The van der Waals surface area contributed by atoms with Crippen molar-refractivity contribution in [3.63, 3.8) is 0 Å². The van der Waals surface area contributed by atoms with E-state index in [4.69, 9.17) is 11.6 Å². The standard InChI is InChI=1S/C14H22ClNS/c1-11(2)8-16-9-12(3)17-10-13-6-4-5-7-14(13)15/h4-7,11-12,16H,8-10H2,1-3H3. The highest BCUT2D eigenvalue weighted by molar-refractivity contribution is 7.99. The third-order valence-corrected chi connectivity index (χ3v) is 4.05. The zero-order valence-electron chi connectivity index (χ0n) is 10.9. The van der Waals surface area contributed by atoms with Crippen LogP contribution in [0.1, 0.15) is 26.3 Å². The Hall–Kier alpha value is -0.180. The molecule has 1 aromatic carbocycles. The Bertz CT molecular complexity index is 328. The van der Waals surface area contributed by atoms with Crippen LogP contribution in [-0.4, -0.2) is 18.3 Å². The van der Waals surface area contributed by atoms with Gasteiger partial charge in [0.25, 0.3) is 0 Å². The lowest BCUT2D eigenvalue weighted by Gasteiger charge is -2.14. The largest absolute Gasteiger partial charge is 0.315 e. The molecule has 0 amide bonds. The quantitative estimate of drug-likeness (QED) is 0.797. The summed E-state index contributed by atoms with van der Waals surface area (Å²) in [6.45, 7) is 8.88. The Morgan fingerprint density at radius 2 is 1.88 bits per heavy atom. The van der Waals surface area contributed by atoms with Crippen molar-refractivity contribution in [3.8, 4) is 0 Å². The van der Waals surface area contributed by atoms with E-state index in [0.717, 1.165) is 29.8 Å². The molecular formula is C14H22ClNS. The summed E-state index contributed by atoms with van der Waals surface area (Å²) in [4.78, 5) is 0. The van der Waals surface area contributed by atoms with Crippen LogP contribution in [0.4, 0.5) is 0 Å². The molecule has 1 unspecified atom stereocenters. The predicted octanol–water partition coefficient (Wildman–Crippen LogP) is 4.21. The van der Waals surface area contributed by atoms with Crippen molar-refractivity contribution in [2.24, 2.45) is 5.92 Å². The van der Waals surface area contributed by atoms with E-state index < -0.39 is 0 Å². The van der Waals surface area contributed by atoms with Crippen LogP contribution in [0.5, 0.6) is 0 Å². The van der Waals surface area contributed by atoms with Crippen molar-refractivity contribution in [2.45, 2.75) is 31.8 Å². The van der Waals surface area contributed by atoms with Gasteiger partial charge in [-0.25, -0.2) is 0 Å². The van der Waals surface area contributed by atoms with Crippen LogP contribution >= 0.6 is 23.4 Å². The molecule has 1 atom stereocenters. The molecule has 0 aromatic heterocycles. The minimum absolute atomic E-state index is 0.616. The number of rotatable bonds is 7. The maximum Gasteiger partial charge on any atom is 0.0446 e. The minimum Gasteiger partial charge on any atom is -0.315 e. The molecule has 17 heavy (non-hydrogen) atoms. The number of thioether (sulfide) groups is 1. The number of hydrogen-bond acceptors (Lipinski definition) is 2. The van der Waals surface area contributed by atoms with Gasteiger partial charge >= 0.3 is 0 Å². The summed E-state index contributed by atoms with van der Waals surface area (Å²) < 4.78 is 0. The summed E-state index contributed by atoms with van der Waals surface area (Å²) in [6, 6.07) is 8.08. The lowest BCUT2D eigenvalue weighted by molar-refractivity contribution is 0.554. The summed E-state index contributed by atoms with van der Waals surface area (Å²) >= 11 is 8.07. The second kappa shape index (κ2) is 8.02. The van der Waals surface area contributed by atoms with Crippen LogP contribution in [0.15, 0.2) is 24.3 Å². The Balaban J connectivity index is 2.24. The molecular weight excluding hydrogens is 250 g/mol. The molecule has 0 radical (unpaired) electrons. The van der Waals surface area contributed by atoms with Gasteiger partial charge in [-0.2, -0.15) is 11.8 Å². The lowest BCUT2D eigenvalue weighted by Crippen LogP contribution is -2.26. The molecule has 0 aliphatic rings. The van der Waals surface area contributed by atoms with Gasteiger partial charge in [0, 0.05) is 22.6 Å². The lowest BCUT2D eigenvalue weighted by atomic mass is 10.2. The minimum atomic E-state index is 0.616. The third kappa shape index (κ3) is 6.35. The zero-order chi connectivity index (χ0) is 12.7. The maximum atomic E-state index is 6.12. The number of benzene rings is 1. The van der Waals surface area contributed by atoms with E-state index in [1.165, 1.54) is 5.56 Å². The van der Waals surface area contributed by atoms with E-state index in [1.807, 2.05) is 30.0 Å². The summed E-state index contributed by atoms with van der Waals surface area (Å²) in [5.74, 6) is 1.71. The van der Waals surface area contributed by atoms with Gasteiger partial charge in [0.05, 0.1) is 0 Å². The van der Waals surface area contributed by atoms with E-state index in [1.54, 1.807) is 0 Å². The molecule has 1 aromatic rings. The monoisotopic (exact) mass is 271 g/mol. The average Bonchev–Trinajstić information content (AvgIpc) is 2.27. The zero-order valence-corrected chi connectivity index (χ0v) is 12.4. The molecule has 3 heteroatoms. The van der Waals surface area contributed by atoms with Gasteiger partial charge in [0.2, 0.25) is 0 Å². The molecule has 0 spiro atoms. The van der Waals surface area contributed by atoms with Crippen molar-refractivity contribution < 1.29 is 0 Å². The normalized spacial score (nSPS) is 13.0. The predicted molar refractivity (Wildman–Crippen MR) is 79.9 cm³/mol. The van der Waals surface area contributed by atoms with Crippen LogP contribution in [0, 0.1) is 5.92 Å². The fourth-order valence-electron chi connectivity index (χ4n) is 1.48. The van der Waals surface area contributed by atoms with Crippen molar-refractivity contribution in [1.29, 1.82) is 0 Å². The van der Waals surface area contributed by atoms with Gasteiger partial charge in [-0.15, -0.1) is 0 Å². The summed E-state index contributed by atoms with van der Waals surface area (Å²) in [7, 11) is 0. The van der Waals surface area contributed by atoms with Crippen molar-refractivity contribution in [1.82, 2.24) is 5.32 Å². The molecule has 0 aliphatic carbocycles. The fraction of sp³-hybridized carbons (Fsp3) is 0.571. The Kier molecular flexibility index (Phi) is 7.02. The molecule has 0 saturated heterocycles. The van der Waals surface area contributed by atoms with Gasteiger partial charge in [-0.05, 0) is 24.1 Å². The fourth-order valence-corrected chi connectivity index (χ4v) is 2.71. The van der Waals surface area contributed by atoms with E-state index in [2.05, 4.69) is 32.2 Å². The maximum absolute atomic E-state index is 6.12. The number of nitrogens with one attached hydrogen (secondary N) is 1. The van der Waals surface area contributed by atoms with Gasteiger partial charge in [-0.3, -0.25) is 0 Å². The van der Waals surface area contributed by atoms with Gasteiger partial charge in [-0.1, -0.05) is 50.6 Å². The summed E-state index contributed by atoms with van der Waals surface area (Å²) in [5.41, 5.74) is 1.23. The second-order valence-corrected chi connectivity index (χ2v) is 6.60. The number of hydrogen-bond donors (Lipinski definition) is 1. The molecule has 0 saturated carbocycles. The first kappa shape index (κ1) is 14.9. The highest BCUT2D eigenvalue weighted by Crippen LogP contribution is 2.23. The Morgan fingerprint density at radius 1 is 1.18 bits per heavy atom. The van der Waals surface area contributed by atoms with E-state index >= 15 is 0 Å². The first-order valence-corrected chi connectivity index (χ1v) is 7.58.